The van der Waals surface area contributed by atoms with E-state index in [2.05, 4.69) is 0 Å². The molecule has 3 aromatic rings. The minimum atomic E-state index is -0.237. The SMILES string of the molecule is COc1cc(OC)c(OC)cc1/C=C1\Oc2c(ccc(OCc3cc(Cl)cc4c3OCOC4)c2C)C1=O. The Bertz CT molecular complexity index is 1410. The zero-order chi connectivity index (χ0) is 26.1. The molecule has 37 heavy (non-hydrogen) atoms. The molecular weight excluding hydrogens is 500 g/mol. The van der Waals surface area contributed by atoms with Crippen molar-refractivity contribution in [3.63, 3.8) is 0 Å². The highest BCUT2D eigenvalue weighted by Gasteiger charge is 2.31. The zero-order valence-corrected chi connectivity index (χ0v) is 21.6. The Morgan fingerprint density at radius 2 is 1.70 bits per heavy atom. The lowest BCUT2D eigenvalue weighted by atomic mass is 10.0. The van der Waals surface area contributed by atoms with Gasteiger partial charge in [0.25, 0.3) is 0 Å². The first-order valence-electron chi connectivity index (χ1n) is 11.5. The molecule has 2 aliphatic heterocycles. The number of allylic oxidation sites excluding steroid dienone is 1. The number of Topliss-reactive ketones (excluding diaryl/α,β-unsaturated/α-hetero) is 1. The predicted molar refractivity (Wildman–Crippen MR) is 136 cm³/mol. The lowest BCUT2D eigenvalue weighted by Crippen LogP contribution is -2.14. The van der Waals surface area contributed by atoms with E-state index in [1.165, 1.54) is 7.11 Å². The highest BCUT2D eigenvalue weighted by atomic mass is 35.5. The van der Waals surface area contributed by atoms with Gasteiger partial charge in [0.1, 0.15) is 29.6 Å². The lowest BCUT2D eigenvalue weighted by molar-refractivity contribution is -0.0175. The maximum atomic E-state index is 13.1. The highest BCUT2D eigenvalue weighted by Crippen LogP contribution is 2.42. The van der Waals surface area contributed by atoms with E-state index in [1.807, 2.05) is 19.1 Å². The molecule has 0 spiro atoms. The van der Waals surface area contributed by atoms with Crippen molar-refractivity contribution in [1.82, 2.24) is 0 Å². The number of carbonyl (C=O) groups is 1. The third kappa shape index (κ3) is 4.65. The summed E-state index contributed by atoms with van der Waals surface area (Å²) in [5.74, 6) is 3.20. The molecule has 0 radical (unpaired) electrons. The van der Waals surface area contributed by atoms with Crippen LogP contribution in [-0.4, -0.2) is 33.9 Å². The van der Waals surface area contributed by atoms with Crippen molar-refractivity contribution >= 4 is 23.5 Å². The quantitative estimate of drug-likeness (QED) is 0.362. The molecule has 0 saturated carbocycles. The fourth-order valence-electron chi connectivity index (χ4n) is 4.35. The Morgan fingerprint density at radius 3 is 2.46 bits per heavy atom. The molecular formula is C28H25ClO8. The predicted octanol–water partition coefficient (Wildman–Crippen LogP) is 5.74. The molecule has 0 atom stereocenters. The summed E-state index contributed by atoms with van der Waals surface area (Å²) in [5, 5.41) is 0.575. The third-order valence-electron chi connectivity index (χ3n) is 6.19. The van der Waals surface area contributed by atoms with Crippen LogP contribution in [0.2, 0.25) is 5.02 Å². The number of hydrogen-bond acceptors (Lipinski definition) is 8. The molecule has 0 saturated heterocycles. The average molecular weight is 525 g/mol. The maximum Gasteiger partial charge on any atom is 0.231 e. The summed E-state index contributed by atoms with van der Waals surface area (Å²) in [7, 11) is 4.62. The molecule has 2 aliphatic rings. The molecule has 0 unspecified atom stereocenters. The van der Waals surface area contributed by atoms with E-state index in [-0.39, 0.29) is 24.9 Å². The minimum Gasteiger partial charge on any atom is -0.496 e. The number of ether oxygens (including phenoxy) is 7. The largest absolute Gasteiger partial charge is 0.496 e. The maximum absolute atomic E-state index is 13.1. The molecule has 0 aliphatic carbocycles. The van der Waals surface area contributed by atoms with Crippen LogP contribution in [0.15, 0.2) is 42.2 Å². The molecule has 2 heterocycles. The normalized spacial score (nSPS) is 14.9. The summed E-state index contributed by atoms with van der Waals surface area (Å²) in [5.41, 5.74) is 3.45. The topological polar surface area (TPSA) is 81.7 Å². The van der Waals surface area contributed by atoms with E-state index in [0.29, 0.717) is 57.1 Å². The van der Waals surface area contributed by atoms with E-state index in [1.54, 1.807) is 44.6 Å². The third-order valence-corrected chi connectivity index (χ3v) is 6.41. The van der Waals surface area contributed by atoms with Gasteiger partial charge < -0.3 is 33.2 Å². The van der Waals surface area contributed by atoms with Crippen LogP contribution in [0.1, 0.15) is 32.6 Å². The van der Waals surface area contributed by atoms with Gasteiger partial charge in [-0.2, -0.15) is 0 Å². The van der Waals surface area contributed by atoms with Crippen LogP contribution in [0.4, 0.5) is 0 Å². The van der Waals surface area contributed by atoms with Gasteiger partial charge >= 0.3 is 0 Å². The monoisotopic (exact) mass is 524 g/mol. The van der Waals surface area contributed by atoms with Crippen LogP contribution in [-0.2, 0) is 18.0 Å². The van der Waals surface area contributed by atoms with Gasteiger partial charge in [0, 0.05) is 33.3 Å². The molecule has 5 rings (SSSR count). The molecule has 0 bridgehead atoms. The fraction of sp³-hybridized carbons (Fsp3) is 0.250. The van der Waals surface area contributed by atoms with Crippen molar-refractivity contribution in [2.24, 2.45) is 0 Å². The molecule has 192 valence electrons. The smallest absolute Gasteiger partial charge is 0.231 e. The molecule has 9 heteroatoms. The van der Waals surface area contributed by atoms with Gasteiger partial charge in [-0.15, -0.1) is 0 Å². The molecule has 0 amide bonds. The molecule has 3 aromatic carbocycles. The number of halogens is 1. The van der Waals surface area contributed by atoms with Gasteiger partial charge in [-0.05, 0) is 43.3 Å². The van der Waals surface area contributed by atoms with Crippen LogP contribution in [0.25, 0.3) is 6.08 Å². The number of methoxy groups -OCH3 is 3. The molecule has 0 N–H and O–H groups in total. The van der Waals surface area contributed by atoms with Gasteiger partial charge in [0.15, 0.2) is 24.1 Å². The number of hydrogen-bond donors (Lipinski definition) is 0. The summed E-state index contributed by atoms with van der Waals surface area (Å²) < 4.78 is 39.4. The van der Waals surface area contributed by atoms with E-state index in [4.69, 9.17) is 44.8 Å². The van der Waals surface area contributed by atoms with Crippen LogP contribution < -0.4 is 28.4 Å². The number of fused-ring (bicyclic) bond motifs is 2. The summed E-state index contributed by atoms with van der Waals surface area (Å²) in [6.45, 7) is 2.67. The van der Waals surface area contributed by atoms with Gasteiger partial charge in [-0.1, -0.05) is 11.6 Å². The Balaban J connectivity index is 1.42. The standard InChI is InChI=1S/C28H25ClO8/c1-15-21(35-13-18-8-19(29)7-17-12-34-14-36-28(17)18)6-5-20-26(30)25(37-27(15)20)10-16-9-23(32-3)24(33-4)11-22(16)31-2/h5-11H,12-14H2,1-4H3/b25-10-. The summed E-state index contributed by atoms with van der Waals surface area (Å²) >= 11 is 6.27. The lowest BCUT2D eigenvalue weighted by Gasteiger charge is -2.21. The van der Waals surface area contributed by atoms with Crippen molar-refractivity contribution < 1.29 is 38.0 Å². The van der Waals surface area contributed by atoms with Crippen molar-refractivity contribution in [3.8, 4) is 34.5 Å². The van der Waals surface area contributed by atoms with Gasteiger partial charge in [0.05, 0.1) is 33.5 Å². The number of carbonyl (C=O) groups excluding carboxylic acids is 1. The second kappa shape index (κ2) is 10.2. The number of rotatable bonds is 7. The second-order valence-electron chi connectivity index (χ2n) is 8.41. The van der Waals surface area contributed by atoms with Gasteiger partial charge in [0.2, 0.25) is 5.78 Å². The van der Waals surface area contributed by atoms with Crippen LogP contribution in [0.5, 0.6) is 34.5 Å². The van der Waals surface area contributed by atoms with Crippen molar-refractivity contribution in [2.45, 2.75) is 20.1 Å². The van der Waals surface area contributed by atoms with E-state index in [0.717, 1.165) is 16.9 Å². The Kier molecular flexibility index (Phi) is 6.86. The van der Waals surface area contributed by atoms with Crippen LogP contribution in [0.3, 0.4) is 0 Å². The molecule has 8 nitrogen and oxygen atoms in total. The Morgan fingerprint density at radius 1 is 0.946 bits per heavy atom. The molecule has 0 aromatic heterocycles. The fourth-order valence-corrected chi connectivity index (χ4v) is 4.61. The Hall–Kier alpha value is -3.88. The van der Waals surface area contributed by atoms with E-state index >= 15 is 0 Å². The molecule has 0 fully saturated rings. The Labute approximate surface area is 219 Å². The van der Waals surface area contributed by atoms with Crippen molar-refractivity contribution in [2.75, 3.05) is 28.1 Å². The summed E-state index contributed by atoms with van der Waals surface area (Å²) in [6, 6.07) is 10.5. The van der Waals surface area contributed by atoms with Gasteiger partial charge in [-0.25, -0.2) is 0 Å². The van der Waals surface area contributed by atoms with Crippen LogP contribution >= 0.6 is 11.6 Å². The first-order valence-corrected chi connectivity index (χ1v) is 11.8. The zero-order valence-electron chi connectivity index (χ0n) is 20.8. The average Bonchev–Trinajstić information content (AvgIpc) is 3.23. The van der Waals surface area contributed by atoms with Crippen molar-refractivity contribution in [3.05, 3.63) is 75.0 Å². The summed E-state index contributed by atoms with van der Waals surface area (Å²) in [4.78, 5) is 13.1. The minimum absolute atomic E-state index is 0.165. The first-order chi connectivity index (χ1) is 17.9. The van der Waals surface area contributed by atoms with Gasteiger partial charge in [-0.3, -0.25) is 4.79 Å². The second-order valence-corrected chi connectivity index (χ2v) is 8.84. The summed E-state index contributed by atoms with van der Waals surface area (Å²) in [6.07, 6.45) is 1.63. The van der Waals surface area contributed by atoms with Crippen LogP contribution in [0, 0.1) is 6.92 Å². The number of benzene rings is 3. The van der Waals surface area contributed by atoms with Crippen molar-refractivity contribution in [1.29, 1.82) is 0 Å². The number of ketones is 1. The highest BCUT2D eigenvalue weighted by molar-refractivity contribution is 6.30. The first kappa shape index (κ1) is 24.8. The van der Waals surface area contributed by atoms with E-state index < -0.39 is 0 Å². The van der Waals surface area contributed by atoms with E-state index in [9.17, 15) is 4.79 Å².